The Morgan fingerprint density at radius 1 is 1.25 bits per heavy atom. The van der Waals surface area contributed by atoms with Gasteiger partial charge in [0.1, 0.15) is 5.75 Å². The van der Waals surface area contributed by atoms with E-state index in [0.717, 1.165) is 5.56 Å². The van der Waals surface area contributed by atoms with Crippen LogP contribution in [0.4, 0.5) is 5.82 Å². The van der Waals surface area contributed by atoms with Crippen molar-refractivity contribution in [2.75, 3.05) is 0 Å². The van der Waals surface area contributed by atoms with Crippen molar-refractivity contribution in [3.05, 3.63) is 53.7 Å². The molecule has 2 rings (SSSR count). The zero-order valence-corrected chi connectivity index (χ0v) is 8.96. The van der Waals surface area contributed by atoms with E-state index < -0.39 is 0 Å². The van der Waals surface area contributed by atoms with Gasteiger partial charge in [-0.15, -0.1) is 0 Å². The van der Waals surface area contributed by atoms with E-state index in [1.54, 1.807) is 18.5 Å². The van der Waals surface area contributed by atoms with Crippen molar-refractivity contribution in [3.63, 3.8) is 0 Å². The van der Waals surface area contributed by atoms with E-state index in [1.807, 2.05) is 37.3 Å². The normalized spacial score (nSPS) is 10.8. The lowest BCUT2D eigenvalue weighted by atomic mass is 10.1. The number of aromatic hydroxyl groups is 1. The first kappa shape index (κ1) is 10.4. The van der Waals surface area contributed by atoms with Crippen LogP contribution in [0.15, 0.2) is 47.6 Å². The number of benzene rings is 1. The van der Waals surface area contributed by atoms with Crippen LogP contribution in [0.3, 0.4) is 0 Å². The molecule has 0 atom stereocenters. The maximum atomic E-state index is 9.60. The Kier molecular flexibility index (Phi) is 2.96. The molecule has 0 aliphatic carbocycles. The highest BCUT2D eigenvalue weighted by Crippen LogP contribution is 2.17. The van der Waals surface area contributed by atoms with Crippen LogP contribution >= 0.6 is 0 Å². The highest BCUT2D eigenvalue weighted by atomic mass is 16.3. The van der Waals surface area contributed by atoms with Crippen LogP contribution < -0.4 is 0 Å². The van der Waals surface area contributed by atoms with Gasteiger partial charge in [-0.25, -0.2) is 9.98 Å². The van der Waals surface area contributed by atoms with Crippen LogP contribution in [0.1, 0.15) is 11.1 Å². The first-order chi connectivity index (χ1) is 7.75. The summed E-state index contributed by atoms with van der Waals surface area (Å²) < 4.78 is 0. The van der Waals surface area contributed by atoms with Gasteiger partial charge in [-0.1, -0.05) is 17.7 Å². The number of phenolic OH excluding ortho intramolecular Hbond substituents is 1. The second kappa shape index (κ2) is 4.57. The van der Waals surface area contributed by atoms with Crippen molar-refractivity contribution >= 4 is 12.0 Å². The monoisotopic (exact) mass is 212 g/mol. The molecule has 0 saturated heterocycles. The molecule has 0 radical (unpaired) electrons. The molecule has 1 aromatic carbocycles. The van der Waals surface area contributed by atoms with Crippen molar-refractivity contribution in [3.8, 4) is 5.75 Å². The third-order valence-corrected chi connectivity index (χ3v) is 2.17. The molecule has 0 spiro atoms. The van der Waals surface area contributed by atoms with Crippen molar-refractivity contribution in [1.29, 1.82) is 0 Å². The molecule has 0 amide bonds. The maximum absolute atomic E-state index is 9.60. The van der Waals surface area contributed by atoms with Crippen LogP contribution in [-0.4, -0.2) is 16.3 Å². The Morgan fingerprint density at radius 3 is 2.88 bits per heavy atom. The van der Waals surface area contributed by atoms with Crippen LogP contribution in [0.5, 0.6) is 5.75 Å². The molecule has 0 aliphatic rings. The quantitative estimate of drug-likeness (QED) is 0.778. The van der Waals surface area contributed by atoms with Gasteiger partial charge in [-0.3, -0.25) is 0 Å². The van der Waals surface area contributed by atoms with Gasteiger partial charge in [-0.05, 0) is 31.2 Å². The molecule has 1 N–H and O–H groups in total. The number of phenols is 1. The number of aliphatic imine (C=N–C) groups is 1. The Bertz CT molecular complexity index is 507. The molecule has 1 heterocycles. The summed E-state index contributed by atoms with van der Waals surface area (Å²) in [5, 5.41) is 9.60. The maximum Gasteiger partial charge on any atom is 0.151 e. The van der Waals surface area contributed by atoms with Crippen molar-refractivity contribution in [2.24, 2.45) is 4.99 Å². The minimum Gasteiger partial charge on any atom is -0.507 e. The second-order valence-electron chi connectivity index (χ2n) is 3.51. The zero-order valence-electron chi connectivity index (χ0n) is 8.96. The standard InChI is InChI=1S/C13H12N2O/c1-10-5-6-12(16)11(8-10)9-15-13-4-2-3-7-14-13/h2-9,16H,1H3. The number of hydrogen-bond acceptors (Lipinski definition) is 3. The lowest BCUT2D eigenvalue weighted by molar-refractivity contribution is 0.474. The minimum absolute atomic E-state index is 0.227. The van der Waals surface area contributed by atoms with Gasteiger partial charge in [0, 0.05) is 18.0 Å². The van der Waals surface area contributed by atoms with E-state index in [0.29, 0.717) is 11.4 Å². The number of aryl methyl sites for hydroxylation is 1. The minimum atomic E-state index is 0.227. The van der Waals surface area contributed by atoms with E-state index in [4.69, 9.17) is 0 Å². The molecule has 3 heteroatoms. The first-order valence-corrected chi connectivity index (χ1v) is 5.00. The number of rotatable bonds is 2. The smallest absolute Gasteiger partial charge is 0.151 e. The SMILES string of the molecule is Cc1ccc(O)c(C=Nc2ccccn2)c1. The Morgan fingerprint density at radius 2 is 2.12 bits per heavy atom. The van der Waals surface area contributed by atoms with Gasteiger partial charge in [0.15, 0.2) is 5.82 Å². The summed E-state index contributed by atoms with van der Waals surface area (Å²) in [5.41, 5.74) is 1.78. The predicted molar refractivity (Wildman–Crippen MR) is 64.3 cm³/mol. The molecule has 16 heavy (non-hydrogen) atoms. The lowest BCUT2D eigenvalue weighted by Gasteiger charge is -1.99. The van der Waals surface area contributed by atoms with Crippen LogP contribution in [0.2, 0.25) is 0 Å². The fourth-order valence-electron chi connectivity index (χ4n) is 1.34. The van der Waals surface area contributed by atoms with Gasteiger partial charge >= 0.3 is 0 Å². The topological polar surface area (TPSA) is 45.5 Å². The van der Waals surface area contributed by atoms with Gasteiger partial charge in [-0.2, -0.15) is 0 Å². The van der Waals surface area contributed by atoms with Crippen LogP contribution in [-0.2, 0) is 0 Å². The number of nitrogens with zero attached hydrogens (tertiary/aromatic N) is 2. The third-order valence-electron chi connectivity index (χ3n) is 2.17. The Labute approximate surface area is 94.1 Å². The average Bonchev–Trinajstić information content (AvgIpc) is 2.32. The molecule has 2 aromatic rings. The highest BCUT2D eigenvalue weighted by Gasteiger charge is 1.97. The number of aromatic nitrogens is 1. The molecule has 80 valence electrons. The first-order valence-electron chi connectivity index (χ1n) is 5.00. The largest absolute Gasteiger partial charge is 0.507 e. The summed E-state index contributed by atoms with van der Waals surface area (Å²) in [4.78, 5) is 8.25. The molecular weight excluding hydrogens is 200 g/mol. The predicted octanol–water partition coefficient (Wildman–Crippen LogP) is 2.85. The van der Waals surface area contributed by atoms with Crippen molar-refractivity contribution in [1.82, 2.24) is 4.98 Å². The molecular formula is C13H12N2O. The van der Waals surface area contributed by atoms with Gasteiger partial charge in [0.25, 0.3) is 0 Å². The van der Waals surface area contributed by atoms with Gasteiger partial charge < -0.3 is 5.11 Å². The fraction of sp³-hybridized carbons (Fsp3) is 0.0769. The molecule has 0 fully saturated rings. The summed E-state index contributed by atoms with van der Waals surface area (Å²) in [6.07, 6.45) is 3.30. The molecule has 0 saturated carbocycles. The van der Waals surface area contributed by atoms with Gasteiger partial charge in [0.2, 0.25) is 0 Å². The van der Waals surface area contributed by atoms with Gasteiger partial charge in [0.05, 0.1) is 0 Å². The summed E-state index contributed by atoms with van der Waals surface area (Å²) in [5.74, 6) is 0.855. The Hall–Kier alpha value is -2.16. The number of hydrogen-bond donors (Lipinski definition) is 1. The molecule has 0 aliphatic heterocycles. The lowest BCUT2D eigenvalue weighted by Crippen LogP contribution is -1.84. The molecule has 0 unspecified atom stereocenters. The average molecular weight is 212 g/mol. The van der Waals surface area contributed by atoms with E-state index in [1.165, 1.54) is 0 Å². The summed E-state index contributed by atoms with van der Waals surface area (Å²) in [6.45, 7) is 1.97. The van der Waals surface area contributed by atoms with Crippen molar-refractivity contribution in [2.45, 2.75) is 6.92 Å². The van der Waals surface area contributed by atoms with E-state index in [2.05, 4.69) is 9.98 Å². The second-order valence-corrected chi connectivity index (χ2v) is 3.51. The fourth-order valence-corrected chi connectivity index (χ4v) is 1.34. The molecule has 0 bridgehead atoms. The van der Waals surface area contributed by atoms with Crippen LogP contribution in [0.25, 0.3) is 0 Å². The molecule has 1 aromatic heterocycles. The summed E-state index contributed by atoms with van der Waals surface area (Å²) in [6, 6.07) is 10.9. The van der Waals surface area contributed by atoms with E-state index in [-0.39, 0.29) is 5.75 Å². The Balaban J connectivity index is 2.27. The molecule has 3 nitrogen and oxygen atoms in total. The van der Waals surface area contributed by atoms with E-state index in [9.17, 15) is 5.11 Å². The van der Waals surface area contributed by atoms with E-state index >= 15 is 0 Å². The highest BCUT2D eigenvalue weighted by molar-refractivity contribution is 5.85. The van der Waals surface area contributed by atoms with Crippen molar-refractivity contribution < 1.29 is 5.11 Å². The number of pyridine rings is 1. The third kappa shape index (κ3) is 2.45. The summed E-state index contributed by atoms with van der Waals surface area (Å²) in [7, 11) is 0. The zero-order chi connectivity index (χ0) is 11.4. The van der Waals surface area contributed by atoms with Crippen LogP contribution in [0, 0.1) is 6.92 Å². The summed E-state index contributed by atoms with van der Waals surface area (Å²) >= 11 is 0.